The molecule has 1 amide bonds. The van der Waals surface area contributed by atoms with Crippen LogP contribution in [0.4, 0.5) is 5.69 Å². The minimum Gasteiger partial charge on any atom is -0.507 e. The van der Waals surface area contributed by atoms with E-state index in [9.17, 15) is 14.7 Å². The Bertz CT molecular complexity index is 1330. The fraction of sp³-hybridized carbons (Fsp3) is 0.120. The van der Waals surface area contributed by atoms with Crippen molar-refractivity contribution >= 4 is 46.3 Å². The summed E-state index contributed by atoms with van der Waals surface area (Å²) in [6.07, 6.45) is 0. The number of carbonyl (C=O) groups excluding carboxylic acids is 2. The molecule has 2 aliphatic heterocycles. The minimum atomic E-state index is -0.883. The number of benzene rings is 3. The molecule has 3 aromatic rings. The Morgan fingerprint density at radius 1 is 0.970 bits per heavy atom. The van der Waals surface area contributed by atoms with Gasteiger partial charge in [0.15, 0.2) is 11.5 Å². The van der Waals surface area contributed by atoms with Crippen LogP contribution in [-0.4, -0.2) is 23.6 Å². The number of fused-ring (bicyclic) bond motifs is 1. The van der Waals surface area contributed by atoms with E-state index in [1.807, 2.05) is 31.2 Å². The maximum atomic E-state index is 13.3. The number of halogens is 2. The minimum absolute atomic E-state index is 0.0377. The molecule has 0 bridgehead atoms. The molecule has 3 aromatic carbocycles. The van der Waals surface area contributed by atoms with Gasteiger partial charge in [-0.05, 0) is 54.4 Å². The fourth-order valence-electron chi connectivity index (χ4n) is 4.16. The van der Waals surface area contributed by atoms with Gasteiger partial charge in [0, 0.05) is 21.3 Å². The van der Waals surface area contributed by atoms with Crippen molar-refractivity contribution in [3.8, 4) is 11.5 Å². The second kappa shape index (κ2) is 8.14. The molecule has 1 N–H and O–H groups in total. The van der Waals surface area contributed by atoms with Crippen molar-refractivity contribution in [2.45, 2.75) is 13.0 Å². The Kier molecular flexibility index (Phi) is 5.27. The standard InChI is InChI=1S/C25H17Cl2NO5/c1-13-4-2-3-5-18(13)22-21(23(29)14-6-7-19-20(8-14)33-12-32-19)24(30)25(31)28(22)17-10-15(26)9-16(27)11-17/h2-11,22,29H,12H2,1H3/b23-21+. The number of hydrogen-bond acceptors (Lipinski definition) is 5. The summed E-state index contributed by atoms with van der Waals surface area (Å²) >= 11 is 12.4. The smallest absolute Gasteiger partial charge is 0.300 e. The van der Waals surface area contributed by atoms with E-state index in [2.05, 4.69) is 0 Å². The number of ether oxygens (including phenoxy) is 2. The van der Waals surface area contributed by atoms with Crippen LogP contribution >= 0.6 is 23.2 Å². The van der Waals surface area contributed by atoms with Crippen molar-refractivity contribution in [3.05, 3.63) is 93.0 Å². The van der Waals surface area contributed by atoms with Crippen LogP contribution in [-0.2, 0) is 9.59 Å². The first-order chi connectivity index (χ1) is 15.8. The van der Waals surface area contributed by atoms with Crippen molar-refractivity contribution < 1.29 is 24.2 Å². The molecule has 1 unspecified atom stereocenters. The molecule has 8 heteroatoms. The van der Waals surface area contributed by atoms with Crippen molar-refractivity contribution in [2.75, 3.05) is 11.7 Å². The molecular formula is C25H17Cl2NO5. The van der Waals surface area contributed by atoms with Crippen molar-refractivity contribution in [1.29, 1.82) is 0 Å². The van der Waals surface area contributed by atoms with Crippen molar-refractivity contribution in [1.82, 2.24) is 0 Å². The van der Waals surface area contributed by atoms with E-state index >= 15 is 0 Å². The molecule has 166 valence electrons. The molecule has 0 radical (unpaired) electrons. The van der Waals surface area contributed by atoms with E-state index in [4.69, 9.17) is 32.7 Å². The van der Waals surface area contributed by atoms with E-state index in [1.54, 1.807) is 36.4 Å². The van der Waals surface area contributed by atoms with Gasteiger partial charge in [0.1, 0.15) is 5.76 Å². The van der Waals surface area contributed by atoms with Crippen LogP contribution in [0.25, 0.3) is 5.76 Å². The van der Waals surface area contributed by atoms with E-state index < -0.39 is 17.7 Å². The number of hydrogen-bond donors (Lipinski definition) is 1. The third kappa shape index (κ3) is 3.61. The molecule has 1 atom stereocenters. The lowest BCUT2D eigenvalue weighted by molar-refractivity contribution is -0.132. The average Bonchev–Trinajstić information content (AvgIpc) is 3.35. The van der Waals surface area contributed by atoms with E-state index in [0.29, 0.717) is 38.4 Å². The zero-order chi connectivity index (χ0) is 23.3. The lowest BCUT2D eigenvalue weighted by Gasteiger charge is -2.27. The van der Waals surface area contributed by atoms with Crippen LogP contribution in [0.3, 0.4) is 0 Å². The normalized spacial score (nSPS) is 18.8. The number of amides is 1. The second-order valence-corrected chi connectivity index (χ2v) is 8.59. The van der Waals surface area contributed by atoms with Gasteiger partial charge in [-0.2, -0.15) is 0 Å². The molecule has 2 heterocycles. The van der Waals surface area contributed by atoms with Crippen LogP contribution in [0.5, 0.6) is 11.5 Å². The topological polar surface area (TPSA) is 76.1 Å². The van der Waals surface area contributed by atoms with Crippen LogP contribution in [0.15, 0.2) is 66.2 Å². The molecule has 1 saturated heterocycles. The molecule has 0 aliphatic carbocycles. The van der Waals surface area contributed by atoms with Gasteiger partial charge in [0.05, 0.1) is 11.6 Å². The predicted molar refractivity (Wildman–Crippen MR) is 125 cm³/mol. The van der Waals surface area contributed by atoms with Crippen LogP contribution < -0.4 is 14.4 Å². The van der Waals surface area contributed by atoms with Crippen LogP contribution in [0, 0.1) is 6.92 Å². The number of aryl methyl sites for hydroxylation is 1. The third-order valence-corrected chi connectivity index (χ3v) is 6.14. The Morgan fingerprint density at radius 2 is 1.67 bits per heavy atom. The van der Waals surface area contributed by atoms with Gasteiger partial charge in [-0.25, -0.2) is 0 Å². The number of anilines is 1. The van der Waals surface area contributed by atoms with Gasteiger partial charge in [-0.3, -0.25) is 14.5 Å². The number of aliphatic hydroxyl groups is 1. The van der Waals surface area contributed by atoms with Gasteiger partial charge in [-0.1, -0.05) is 47.5 Å². The van der Waals surface area contributed by atoms with Crippen LogP contribution in [0.2, 0.25) is 10.0 Å². The molecule has 0 aromatic heterocycles. The summed E-state index contributed by atoms with van der Waals surface area (Å²) in [4.78, 5) is 27.8. The predicted octanol–water partition coefficient (Wildman–Crippen LogP) is 5.66. The number of aliphatic hydroxyl groups excluding tert-OH is 1. The summed E-state index contributed by atoms with van der Waals surface area (Å²) in [5.41, 5.74) is 2.19. The quantitative estimate of drug-likeness (QED) is 0.296. The molecular weight excluding hydrogens is 465 g/mol. The number of ketones is 1. The first-order valence-corrected chi connectivity index (χ1v) is 10.8. The molecule has 33 heavy (non-hydrogen) atoms. The second-order valence-electron chi connectivity index (χ2n) is 7.72. The Morgan fingerprint density at radius 3 is 2.39 bits per heavy atom. The third-order valence-electron chi connectivity index (χ3n) is 5.70. The highest BCUT2D eigenvalue weighted by Crippen LogP contribution is 2.45. The molecule has 6 nitrogen and oxygen atoms in total. The van der Waals surface area contributed by atoms with Gasteiger partial charge in [0.2, 0.25) is 6.79 Å². The molecule has 5 rings (SSSR count). The molecule has 1 fully saturated rings. The fourth-order valence-corrected chi connectivity index (χ4v) is 4.68. The SMILES string of the molecule is Cc1ccccc1C1/C(=C(\O)c2ccc3c(c2)OCO3)C(=O)C(=O)N1c1cc(Cl)cc(Cl)c1. The summed E-state index contributed by atoms with van der Waals surface area (Å²) in [5, 5.41) is 11.9. The van der Waals surface area contributed by atoms with Crippen LogP contribution in [0.1, 0.15) is 22.7 Å². The highest BCUT2D eigenvalue weighted by atomic mass is 35.5. The summed E-state index contributed by atoms with van der Waals surface area (Å²) in [7, 11) is 0. The average molecular weight is 482 g/mol. The lowest BCUT2D eigenvalue weighted by Crippen LogP contribution is -2.29. The molecule has 2 aliphatic rings. The summed E-state index contributed by atoms with van der Waals surface area (Å²) in [5.74, 6) is -0.924. The summed E-state index contributed by atoms with van der Waals surface area (Å²) in [6, 6.07) is 16.0. The Balaban J connectivity index is 1.74. The lowest BCUT2D eigenvalue weighted by atomic mass is 9.92. The Labute approximate surface area is 199 Å². The number of carbonyl (C=O) groups is 2. The molecule has 0 spiro atoms. The van der Waals surface area contributed by atoms with Gasteiger partial charge >= 0.3 is 0 Å². The van der Waals surface area contributed by atoms with Gasteiger partial charge in [0.25, 0.3) is 11.7 Å². The van der Waals surface area contributed by atoms with Gasteiger partial charge in [-0.15, -0.1) is 0 Å². The van der Waals surface area contributed by atoms with Gasteiger partial charge < -0.3 is 14.6 Å². The largest absolute Gasteiger partial charge is 0.507 e. The molecule has 0 saturated carbocycles. The number of nitrogens with zero attached hydrogens (tertiary/aromatic N) is 1. The zero-order valence-corrected chi connectivity index (χ0v) is 18.9. The highest BCUT2D eigenvalue weighted by Gasteiger charge is 2.47. The zero-order valence-electron chi connectivity index (χ0n) is 17.3. The van der Waals surface area contributed by atoms with E-state index in [0.717, 1.165) is 5.56 Å². The maximum Gasteiger partial charge on any atom is 0.300 e. The monoisotopic (exact) mass is 481 g/mol. The number of Topliss-reactive ketones (excluding diaryl/α,β-unsaturated/α-hetero) is 1. The van der Waals surface area contributed by atoms with Crippen molar-refractivity contribution in [2.24, 2.45) is 0 Å². The number of rotatable bonds is 3. The Hall–Kier alpha value is -3.48. The van der Waals surface area contributed by atoms with E-state index in [-0.39, 0.29) is 18.1 Å². The maximum absolute atomic E-state index is 13.3. The highest BCUT2D eigenvalue weighted by molar-refractivity contribution is 6.52. The summed E-state index contributed by atoms with van der Waals surface area (Å²) in [6.45, 7) is 1.95. The first kappa shape index (κ1) is 21.4. The first-order valence-electron chi connectivity index (χ1n) is 10.1. The van der Waals surface area contributed by atoms with Crippen molar-refractivity contribution in [3.63, 3.8) is 0 Å². The summed E-state index contributed by atoms with van der Waals surface area (Å²) < 4.78 is 10.7. The van der Waals surface area contributed by atoms with E-state index in [1.165, 1.54) is 4.90 Å².